The maximum atomic E-state index is 13.6. The molecule has 1 N–H and O–H groups in total. The molecule has 1 nitrogen and oxygen atoms in total. The second-order valence-corrected chi connectivity index (χ2v) is 4.60. The molecule has 2 rings (SSSR count). The highest BCUT2D eigenvalue weighted by Crippen LogP contribution is 2.29. The van der Waals surface area contributed by atoms with Crippen molar-refractivity contribution in [2.24, 2.45) is 0 Å². The first-order valence-electron chi connectivity index (χ1n) is 5.48. The van der Waals surface area contributed by atoms with Crippen molar-refractivity contribution in [3.8, 4) is 0 Å². The molecule has 19 heavy (non-hydrogen) atoms. The molecule has 0 aliphatic rings. The summed E-state index contributed by atoms with van der Waals surface area (Å²) in [5.74, 6) is -3.28. The molecule has 1 unspecified atom stereocenters. The molecule has 0 aliphatic carbocycles. The van der Waals surface area contributed by atoms with Crippen LogP contribution < -0.4 is 0 Å². The number of hydrogen-bond donors (Lipinski definition) is 1. The summed E-state index contributed by atoms with van der Waals surface area (Å²) >= 11 is 5.84. The molecule has 0 spiro atoms. The summed E-state index contributed by atoms with van der Waals surface area (Å²) in [4.78, 5) is 0. The number of aliphatic hydroxyl groups excluding tert-OH is 1. The van der Waals surface area contributed by atoms with Crippen LogP contribution in [0.1, 0.15) is 22.8 Å². The number of aliphatic hydroxyl groups is 1. The second-order valence-electron chi connectivity index (χ2n) is 4.19. The van der Waals surface area contributed by atoms with Crippen molar-refractivity contribution < 1.29 is 18.3 Å². The van der Waals surface area contributed by atoms with Gasteiger partial charge in [0.2, 0.25) is 0 Å². The summed E-state index contributed by atoms with van der Waals surface area (Å²) < 4.78 is 39.9. The van der Waals surface area contributed by atoms with Gasteiger partial charge < -0.3 is 5.11 Å². The van der Waals surface area contributed by atoms with Crippen LogP contribution in [-0.2, 0) is 0 Å². The number of halogens is 4. The average molecular weight is 287 g/mol. The predicted molar refractivity (Wildman–Crippen MR) is 66.6 cm³/mol. The Hall–Kier alpha value is -1.52. The summed E-state index contributed by atoms with van der Waals surface area (Å²) in [5, 5.41) is 10.5. The van der Waals surface area contributed by atoms with E-state index in [1.165, 1.54) is 18.2 Å². The molecule has 5 heteroatoms. The van der Waals surface area contributed by atoms with E-state index in [-0.39, 0.29) is 5.56 Å². The molecular weight excluding hydrogens is 277 g/mol. The number of benzene rings is 2. The van der Waals surface area contributed by atoms with Crippen molar-refractivity contribution in [3.63, 3.8) is 0 Å². The van der Waals surface area contributed by atoms with Crippen molar-refractivity contribution in [3.05, 3.63) is 69.5 Å². The van der Waals surface area contributed by atoms with Crippen molar-refractivity contribution >= 4 is 11.6 Å². The maximum Gasteiger partial charge on any atom is 0.135 e. The minimum absolute atomic E-state index is 0.284. The van der Waals surface area contributed by atoms with E-state index in [2.05, 4.69) is 0 Å². The van der Waals surface area contributed by atoms with Crippen molar-refractivity contribution in [1.29, 1.82) is 0 Å². The van der Waals surface area contributed by atoms with Gasteiger partial charge >= 0.3 is 0 Å². The van der Waals surface area contributed by atoms with Crippen molar-refractivity contribution in [1.82, 2.24) is 0 Å². The quantitative estimate of drug-likeness (QED) is 0.879. The summed E-state index contributed by atoms with van der Waals surface area (Å²) in [6.07, 6.45) is -1.52. The molecule has 0 saturated carbocycles. The van der Waals surface area contributed by atoms with Crippen LogP contribution in [0.3, 0.4) is 0 Å². The Balaban J connectivity index is 2.49. The van der Waals surface area contributed by atoms with E-state index in [1.54, 1.807) is 6.92 Å². The lowest BCUT2D eigenvalue weighted by atomic mass is 9.99. The summed E-state index contributed by atoms with van der Waals surface area (Å²) in [7, 11) is 0. The lowest BCUT2D eigenvalue weighted by molar-refractivity contribution is 0.208. The van der Waals surface area contributed by atoms with Gasteiger partial charge in [0.25, 0.3) is 0 Å². The van der Waals surface area contributed by atoms with Gasteiger partial charge in [0.15, 0.2) is 0 Å². The van der Waals surface area contributed by atoms with Gasteiger partial charge in [-0.15, -0.1) is 0 Å². The van der Waals surface area contributed by atoms with E-state index in [9.17, 15) is 18.3 Å². The molecule has 100 valence electrons. The molecule has 0 aromatic heterocycles. The Morgan fingerprint density at radius 3 is 2.16 bits per heavy atom. The first kappa shape index (κ1) is 13.9. The highest BCUT2D eigenvalue weighted by Gasteiger charge is 2.21. The van der Waals surface area contributed by atoms with Crippen molar-refractivity contribution in [2.75, 3.05) is 0 Å². The van der Waals surface area contributed by atoms with Gasteiger partial charge in [-0.1, -0.05) is 23.7 Å². The average Bonchev–Trinajstić information content (AvgIpc) is 2.31. The normalized spacial score (nSPS) is 12.5. The topological polar surface area (TPSA) is 20.2 Å². The SMILES string of the molecule is Cc1cc(C(O)c2c(F)cc(F)cc2F)ccc1Cl. The van der Waals surface area contributed by atoms with Gasteiger partial charge in [0, 0.05) is 17.2 Å². The molecule has 2 aromatic carbocycles. The van der Waals surface area contributed by atoms with Crippen LogP contribution in [0.2, 0.25) is 5.02 Å². The standard InChI is InChI=1S/C14H10ClF3O/c1-7-4-8(2-3-10(7)15)14(19)13-11(17)5-9(16)6-12(13)18/h2-6,14,19H,1H3. The van der Waals surface area contributed by atoms with E-state index in [0.29, 0.717) is 22.7 Å². The van der Waals surface area contributed by atoms with E-state index in [4.69, 9.17) is 11.6 Å². The minimum atomic E-state index is -1.52. The van der Waals surface area contributed by atoms with Gasteiger partial charge in [-0.3, -0.25) is 0 Å². The first-order chi connectivity index (χ1) is 8.90. The zero-order valence-electron chi connectivity index (χ0n) is 9.92. The third-order valence-corrected chi connectivity index (χ3v) is 3.24. The van der Waals surface area contributed by atoms with Crippen LogP contribution in [0.4, 0.5) is 13.2 Å². The van der Waals surface area contributed by atoms with E-state index in [1.807, 2.05) is 0 Å². The monoisotopic (exact) mass is 286 g/mol. The minimum Gasteiger partial charge on any atom is -0.383 e. The largest absolute Gasteiger partial charge is 0.383 e. The third-order valence-electron chi connectivity index (χ3n) is 2.82. The van der Waals surface area contributed by atoms with Gasteiger partial charge in [-0.05, 0) is 24.1 Å². The Bertz CT molecular complexity index is 605. The summed E-state index contributed by atoms with van der Waals surface area (Å²) in [5.41, 5.74) is 0.371. The van der Waals surface area contributed by atoms with Crippen LogP contribution in [0.5, 0.6) is 0 Å². The molecule has 0 fully saturated rings. The predicted octanol–water partition coefficient (Wildman–Crippen LogP) is 4.15. The Morgan fingerprint density at radius 2 is 1.63 bits per heavy atom. The number of rotatable bonds is 2. The highest BCUT2D eigenvalue weighted by atomic mass is 35.5. The van der Waals surface area contributed by atoms with Gasteiger partial charge in [-0.25, -0.2) is 13.2 Å². The molecule has 0 saturated heterocycles. The maximum absolute atomic E-state index is 13.6. The zero-order valence-corrected chi connectivity index (χ0v) is 10.7. The molecule has 0 radical (unpaired) electrons. The number of aryl methyl sites for hydroxylation is 1. The molecule has 0 amide bonds. The molecule has 0 heterocycles. The van der Waals surface area contributed by atoms with E-state index >= 15 is 0 Å². The molecular formula is C14H10ClF3O. The Kier molecular flexibility index (Phi) is 3.83. The van der Waals surface area contributed by atoms with Gasteiger partial charge in [0.05, 0.1) is 5.56 Å². The fourth-order valence-corrected chi connectivity index (χ4v) is 1.94. The smallest absolute Gasteiger partial charge is 0.135 e. The van der Waals surface area contributed by atoms with Gasteiger partial charge in [0.1, 0.15) is 23.6 Å². The molecule has 0 aliphatic heterocycles. The Morgan fingerprint density at radius 1 is 1.05 bits per heavy atom. The summed E-state index contributed by atoms with van der Waals surface area (Å²) in [6, 6.07) is 5.57. The molecule has 2 aromatic rings. The van der Waals surface area contributed by atoms with Crippen LogP contribution in [0, 0.1) is 24.4 Å². The third kappa shape index (κ3) is 2.74. The lowest BCUT2D eigenvalue weighted by Crippen LogP contribution is -2.07. The van der Waals surface area contributed by atoms with Crippen LogP contribution >= 0.6 is 11.6 Å². The fourth-order valence-electron chi connectivity index (χ4n) is 1.82. The van der Waals surface area contributed by atoms with Crippen LogP contribution in [0.15, 0.2) is 30.3 Å². The molecule has 1 atom stereocenters. The second kappa shape index (κ2) is 5.23. The highest BCUT2D eigenvalue weighted by molar-refractivity contribution is 6.31. The van der Waals surface area contributed by atoms with E-state index in [0.717, 1.165) is 0 Å². The van der Waals surface area contributed by atoms with Gasteiger partial charge in [-0.2, -0.15) is 0 Å². The van der Waals surface area contributed by atoms with Crippen LogP contribution in [0.25, 0.3) is 0 Å². The van der Waals surface area contributed by atoms with E-state index < -0.39 is 29.1 Å². The first-order valence-corrected chi connectivity index (χ1v) is 5.86. The summed E-state index contributed by atoms with van der Waals surface area (Å²) in [6.45, 7) is 1.70. The molecule has 0 bridgehead atoms. The van der Waals surface area contributed by atoms with Crippen molar-refractivity contribution in [2.45, 2.75) is 13.0 Å². The fraction of sp³-hybridized carbons (Fsp3) is 0.143. The lowest BCUT2D eigenvalue weighted by Gasteiger charge is -2.14. The Labute approximate surface area is 113 Å². The van der Waals surface area contributed by atoms with Crippen LogP contribution in [-0.4, -0.2) is 5.11 Å². The zero-order chi connectivity index (χ0) is 14.2. The number of hydrogen-bond acceptors (Lipinski definition) is 1.